The Morgan fingerprint density at radius 1 is 0.456 bits per heavy atom. The van der Waals surface area contributed by atoms with Gasteiger partial charge in [0.05, 0.1) is 19.8 Å². The topological polar surface area (TPSA) is 231 Å². The minimum Gasteiger partial charge on any atom is -0.462 e. The van der Waals surface area contributed by atoms with Gasteiger partial charge in [-0.1, -0.05) is 173 Å². The summed E-state index contributed by atoms with van der Waals surface area (Å²) in [6, 6.07) is 0. The van der Waals surface area contributed by atoms with Crippen LogP contribution in [0.4, 0.5) is 0 Å². The SMILES string of the molecule is CCCCCCCCCCCCCCCC/C=C/CC/C=C/CCCC(=O)OC[C@@H](CO[C@@H]1O[C@H](CO[C@@H]2O[C@H](CO)[C@H](O)C(O)C2O)[C@H](O)C(O)C1O)OC(=O)CCCCCCCCCCC. The van der Waals surface area contributed by atoms with E-state index in [1.807, 2.05) is 0 Å². The molecule has 15 heteroatoms. The van der Waals surface area contributed by atoms with Gasteiger partial charge in [-0.05, 0) is 44.9 Å². The van der Waals surface area contributed by atoms with Crippen LogP contribution in [0.3, 0.4) is 0 Å². The number of rotatable bonds is 42. The predicted octanol–water partition coefficient (Wildman–Crippen LogP) is 7.94. The lowest BCUT2D eigenvalue weighted by molar-refractivity contribution is -0.332. The summed E-state index contributed by atoms with van der Waals surface area (Å²) < 4.78 is 33.5. The molecule has 0 aromatic heterocycles. The molecule has 0 spiro atoms. The van der Waals surface area contributed by atoms with Crippen LogP contribution in [0.25, 0.3) is 0 Å². The first-order chi connectivity index (χ1) is 33.0. The molecule has 2 heterocycles. The number of carbonyl (C=O) groups is 2. The molecule has 398 valence electrons. The summed E-state index contributed by atoms with van der Waals surface area (Å²) in [6.45, 7) is 2.54. The molecule has 0 radical (unpaired) electrons. The van der Waals surface area contributed by atoms with Gasteiger partial charge in [0.15, 0.2) is 18.7 Å². The number of allylic oxidation sites excluding steroid dienone is 4. The van der Waals surface area contributed by atoms with E-state index in [4.69, 9.17) is 28.4 Å². The molecule has 7 N–H and O–H groups in total. The zero-order chi connectivity index (χ0) is 49.6. The fourth-order valence-corrected chi connectivity index (χ4v) is 8.47. The Balaban J connectivity index is 1.73. The van der Waals surface area contributed by atoms with Crippen LogP contribution < -0.4 is 0 Å². The number of hydrogen-bond donors (Lipinski definition) is 7. The molecule has 2 rings (SSSR count). The summed E-state index contributed by atoms with van der Waals surface area (Å²) in [5, 5.41) is 72.0. The summed E-state index contributed by atoms with van der Waals surface area (Å²) in [5.74, 6) is -0.971. The Kier molecular flexibility index (Phi) is 37.0. The van der Waals surface area contributed by atoms with E-state index in [2.05, 4.69) is 38.2 Å². The van der Waals surface area contributed by atoms with Gasteiger partial charge in [0.2, 0.25) is 0 Å². The minimum atomic E-state index is -1.77. The maximum Gasteiger partial charge on any atom is 0.306 e. The van der Waals surface area contributed by atoms with Gasteiger partial charge in [-0.25, -0.2) is 0 Å². The van der Waals surface area contributed by atoms with E-state index in [9.17, 15) is 45.3 Å². The molecule has 11 atom stereocenters. The maximum absolute atomic E-state index is 12.9. The molecule has 0 bridgehead atoms. The average Bonchev–Trinajstić information content (AvgIpc) is 3.33. The Bertz CT molecular complexity index is 1280. The first kappa shape index (κ1) is 62.1. The Hall–Kier alpha value is -2.02. The number of hydrogen-bond acceptors (Lipinski definition) is 15. The Morgan fingerprint density at radius 3 is 1.38 bits per heavy atom. The summed E-state index contributed by atoms with van der Waals surface area (Å²) in [6.07, 6.45) is 25.3. The lowest BCUT2D eigenvalue weighted by Crippen LogP contribution is -2.61. The highest BCUT2D eigenvalue weighted by Gasteiger charge is 2.47. The van der Waals surface area contributed by atoms with Crippen molar-refractivity contribution in [3.05, 3.63) is 24.3 Å². The Labute approximate surface area is 409 Å². The molecule has 0 aromatic rings. The zero-order valence-electron chi connectivity index (χ0n) is 42.1. The van der Waals surface area contributed by atoms with Crippen LogP contribution in [0.2, 0.25) is 0 Å². The van der Waals surface area contributed by atoms with Crippen LogP contribution in [0.5, 0.6) is 0 Å². The molecule has 0 aromatic carbocycles. The molecular formula is C53H96O15. The van der Waals surface area contributed by atoms with Crippen molar-refractivity contribution < 1.29 is 73.8 Å². The van der Waals surface area contributed by atoms with E-state index < -0.39 is 99.3 Å². The second-order valence-electron chi connectivity index (χ2n) is 19.0. The number of ether oxygens (including phenoxy) is 6. The molecular weight excluding hydrogens is 877 g/mol. The van der Waals surface area contributed by atoms with Crippen molar-refractivity contribution in [2.45, 2.75) is 274 Å². The smallest absolute Gasteiger partial charge is 0.306 e. The third-order valence-electron chi connectivity index (χ3n) is 12.9. The highest BCUT2D eigenvalue weighted by molar-refractivity contribution is 5.70. The van der Waals surface area contributed by atoms with Gasteiger partial charge in [0, 0.05) is 12.8 Å². The van der Waals surface area contributed by atoms with Gasteiger partial charge in [-0.15, -0.1) is 0 Å². The number of esters is 2. The highest BCUT2D eigenvalue weighted by atomic mass is 16.7. The van der Waals surface area contributed by atoms with Gasteiger partial charge < -0.3 is 64.2 Å². The van der Waals surface area contributed by atoms with E-state index in [1.54, 1.807) is 0 Å². The van der Waals surface area contributed by atoms with Crippen molar-refractivity contribution in [1.29, 1.82) is 0 Å². The number of aliphatic hydroxyl groups excluding tert-OH is 7. The third-order valence-corrected chi connectivity index (χ3v) is 12.9. The van der Waals surface area contributed by atoms with Crippen LogP contribution in [0.15, 0.2) is 24.3 Å². The molecule has 2 saturated heterocycles. The standard InChI is InChI=1S/C53H96O15/c1-3-5-7-9-11-13-14-15-16-17-18-19-20-21-22-23-24-25-26-28-29-31-33-35-44(55)63-38-41(66-45(56)36-34-32-30-27-12-10-8-6-4-2)39-64-52-51(62)49(60)47(58)43(68-52)40-65-53-50(61)48(59)46(57)42(37-54)67-53/h23-24,28-29,41-43,46-54,57-62H,3-22,25-27,30-40H2,1-2H3/b24-23+,29-28+/t41-,42+,43+,46-,47-,48?,49?,50?,51?,52+,53+/m0/s1. The van der Waals surface area contributed by atoms with E-state index in [0.717, 1.165) is 38.5 Å². The van der Waals surface area contributed by atoms with Crippen molar-refractivity contribution in [2.24, 2.45) is 0 Å². The van der Waals surface area contributed by atoms with Gasteiger partial charge in [-0.3, -0.25) is 9.59 Å². The normalized spacial score (nSPS) is 25.9. The summed E-state index contributed by atoms with van der Waals surface area (Å²) >= 11 is 0. The van der Waals surface area contributed by atoms with Crippen molar-refractivity contribution in [2.75, 3.05) is 26.4 Å². The third kappa shape index (κ3) is 28.1. The van der Waals surface area contributed by atoms with E-state index in [-0.39, 0.29) is 19.4 Å². The molecule has 4 unspecified atom stereocenters. The molecule has 2 fully saturated rings. The van der Waals surface area contributed by atoms with Crippen molar-refractivity contribution >= 4 is 11.9 Å². The molecule has 2 aliphatic rings. The van der Waals surface area contributed by atoms with Crippen molar-refractivity contribution in [3.8, 4) is 0 Å². The summed E-state index contributed by atoms with van der Waals surface area (Å²) in [4.78, 5) is 25.7. The largest absolute Gasteiger partial charge is 0.462 e. The van der Waals surface area contributed by atoms with E-state index in [1.165, 1.54) is 122 Å². The average molecular weight is 973 g/mol. The van der Waals surface area contributed by atoms with Gasteiger partial charge in [0.1, 0.15) is 55.4 Å². The van der Waals surface area contributed by atoms with Gasteiger partial charge in [0.25, 0.3) is 0 Å². The molecule has 68 heavy (non-hydrogen) atoms. The fourth-order valence-electron chi connectivity index (χ4n) is 8.47. The van der Waals surface area contributed by atoms with Gasteiger partial charge >= 0.3 is 11.9 Å². The van der Waals surface area contributed by atoms with E-state index >= 15 is 0 Å². The number of aliphatic hydroxyl groups is 7. The molecule has 0 aliphatic carbocycles. The van der Waals surface area contributed by atoms with Gasteiger partial charge in [-0.2, -0.15) is 0 Å². The fraction of sp³-hybridized carbons (Fsp3) is 0.887. The lowest BCUT2D eigenvalue weighted by Gasteiger charge is -2.42. The van der Waals surface area contributed by atoms with Crippen molar-refractivity contribution in [1.82, 2.24) is 0 Å². The number of unbranched alkanes of at least 4 members (excludes halogenated alkanes) is 24. The highest BCUT2D eigenvalue weighted by Crippen LogP contribution is 2.26. The predicted molar refractivity (Wildman–Crippen MR) is 261 cm³/mol. The summed E-state index contributed by atoms with van der Waals surface area (Å²) in [7, 11) is 0. The van der Waals surface area contributed by atoms with Crippen LogP contribution in [-0.2, 0) is 38.0 Å². The van der Waals surface area contributed by atoms with Crippen molar-refractivity contribution in [3.63, 3.8) is 0 Å². The monoisotopic (exact) mass is 973 g/mol. The van der Waals surface area contributed by atoms with Crippen LogP contribution in [0.1, 0.15) is 206 Å². The van der Waals surface area contributed by atoms with Crippen LogP contribution in [0, 0.1) is 0 Å². The first-order valence-electron chi connectivity index (χ1n) is 26.9. The first-order valence-corrected chi connectivity index (χ1v) is 26.9. The molecule has 0 amide bonds. The quantitative estimate of drug-likeness (QED) is 0.0175. The minimum absolute atomic E-state index is 0.159. The maximum atomic E-state index is 12.9. The molecule has 15 nitrogen and oxygen atoms in total. The second-order valence-corrected chi connectivity index (χ2v) is 19.0. The second kappa shape index (κ2) is 40.6. The van der Waals surface area contributed by atoms with Crippen LogP contribution in [-0.4, -0.2) is 142 Å². The summed E-state index contributed by atoms with van der Waals surface area (Å²) in [5.41, 5.74) is 0. The lowest BCUT2D eigenvalue weighted by atomic mass is 9.98. The van der Waals surface area contributed by atoms with E-state index in [0.29, 0.717) is 19.3 Å². The van der Waals surface area contributed by atoms with Crippen LogP contribution >= 0.6 is 0 Å². The number of carbonyl (C=O) groups excluding carboxylic acids is 2. The molecule has 2 aliphatic heterocycles. The zero-order valence-corrected chi connectivity index (χ0v) is 42.1. The Morgan fingerprint density at radius 2 is 0.868 bits per heavy atom. The molecule has 0 saturated carbocycles.